The van der Waals surface area contributed by atoms with Gasteiger partial charge in [-0.15, -0.1) is 11.5 Å². The second kappa shape index (κ2) is 7.04. The Kier molecular flexibility index (Phi) is 4.84. The Morgan fingerprint density at radius 2 is 2.00 bits per heavy atom. The number of benzene rings is 1. The molecular weight excluding hydrogens is 326 g/mol. The minimum Gasteiger partial charge on any atom is -0.333 e. The average molecular weight is 344 g/mol. The third-order valence-corrected chi connectivity index (χ3v) is 4.33. The van der Waals surface area contributed by atoms with Crippen LogP contribution in [0.15, 0.2) is 24.3 Å². The molecule has 7 heteroatoms. The van der Waals surface area contributed by atoms with Crippen molar-refractivity contribution in [1.29, 1.82) is 0 Å². The first-order chi connectivity index (χ1) is 11.6. The van der Waals surface area contributed by atoms with Crippen LogP contribution in [0.2, 0.25) is 5.02 Å². The molecule has 0 aliphatic carbocycles. The van der Waals surface area contributed by atoms with Crippen molar-refractivity contribution in [3.05, 3.63) is 40.9 Å². The number of piperazine rings is 1. The number of halogens is 1. The molecule has 0 bridgehead atoms. The summed E-state index contributed by atoms with van der Waals surface area (Å²) in [6.07, 6.45) is 5.33. The molecule has 6 nitrogen and oxygen atoms in total. The Morgan fingerprint density at radius 3 is 2.67 bits per heavy atom. The summed E-state index contributed by atoms with van der Waals surface area (Å²) in [7, 11) is 0. The maximum atomic E-state index is 12.6. The van der Waals surface area contributed by atoms with E-state index in [1.165, 1.54) is 0 Å². The first-order valence-corrected chi connectivity index (χ1v) is 8.11. The number of carbonyl (C=O) groups excluding carboxylic acids is 1. The molecule has 1 amide bonds. The molecule has 0 unspecified atom stereocenters. The molecule has 3 rings (SSSR count). The lowest BCUT2D eigenvalue weighted by Gasteiger charge is -2.32. The van der Waals surface area contributed by atoms with E-state index in [2.05, 4.69) is 20.9 Å². The van der Waals surface area contributed by atoms with Gasteiger partial charge in [0.25, 0.3) is 5.91 Å². The van der Waals surface area contributed by atoms with Crippen molar-refractivity contribution in [2.24, 2.45) is 0 Å². The molecule has 0 radical (unpaired) electrons. The van der Waals surface area contributed by atoms with Crippen molar-refractivity contribution < 1.29 is 4.79 Å². The lowest BCUT2D eigenvalue weighted by Crippen LogP contribution is -2.48. The van der Waals surface area contributed by atoms with Crippen LogP contribution in [0.5, 0.6) is 0 Å². The van der Waals surface area contributed by atoms with E-state index in [1.54, 1.807) is 22.6 Å². The van der Waals surface area contributed by atoms with Crippen LogP contribution < -0.4 is 0 Å². The van der Waals surface area contributed by atoms with Crippen LogP contribution in [-0.4, -0.2) is 63.2 Å². The van der Waals surface area contributed by atoms with Gasteiger partial charge in [-0.05, 0) is 19.1 Å². The highest BCUT2D eigenvalue weighted by Crippen LogP contribution is 2.20. The monoisotopic (exact) mass is 343 g/mol. The van der Waals surface area contributed by atoms with Gasteiger partial charge < -0.3 is 4.90 Å². The molecule has 1 aromatic carbocycles. The minimum absolute atomic E-state index is 0.163. The molecule has 0 N–H and O–H groups in total. The molecule has 2 aromatic rings. The number of terminal acetylenes is 1. The lowest BCUT2D eigenvalue weighted by molar-refractivity contribution is 0.0640. The van der Waals surface area contributed by atoms with Crippen molar-refractivity contribution in [3.63, 3.8) is 0 Å². The third kappa shape index (κ3) is 3.28. The smallest absolute Gasteiger partial charge is 0.293 e. The van der Waals surface area contributed by atoms with E-state index in [4.69, 9.17) is 18.0 Å². The van der Waals surface area contributed by atoms with Gasteiger partial charge in [-0.1, -0.05) is 29.7 Å². The average Bonchev–Trinajstić information content (AvgIpc) is 2.97. The van der Waals surface area contributed by atoms with E-state index in [-0.39, 0.29) is 11.7 Å². The molecule has 1 aliphatic rings. The van der Waals surface area contributed by atoms with E-state index in [1.807, 2.05) is 18.2 Å². The molecule has 0 saturated carbocycles. The summed E-state index contributed by atoms with van der Waals surface area (Å²) in [6, 6.07) is 7.34. The lowest BCUT2D eigenvalue weighted by atomic mass is 10.3. The third-order valence-electron chi connectivity index (χ3n) is 4.02. The van der Waals surface area contributed by atoms with Crippen molar-refractivity contribution in [2.45, 2.75) is 6.92 Å². The van der Waals surface area contributed by atoms with Gasteiger partial charge in [-0.25, -0.2) is 9.67 Å². The van der Waals surface area contributed by atoms with Gasteiger partial charge in [0.15, 0.2) is 0 Å². The fraction of sp³-hybridized carbons (Fsp3) is 0.353. The van der Waals surface area contributed by atoms with Gasteiger partial charge in [0.1, 0.15) is 5.82 Å². The molecule has 0 atom stereocenters. The zero-order valence-corrected chi connectivity index (χ0v) is 14.2. The van der Waals surface area contributed by atoms with Gasteiger partial charge >= 0.3 is 0 Å². The van der Waals surface area contributed by atoms with Crippen LogP contribution >= 0.6 is 11.6 Å². The minimum atomic E-state index is -0.163. The maximum absolute atomic E-state index is 12.6. The highest BCUT2D eigenvalue weighted by molar-refractivity contribution is 6.32. The molecular formula is C17H18ClN5O. The van der Waals surface area contributed by atoms with E-state index < -0.39 is 0 Å². The number of nitrogens with zero attached hydrogens (tertiary/aromatic N) is 5. The largest absolute Gasteiger partial charge is 0.333 e. The second-order valence-electron chi connectivity index (χ2n) is 5.62. The number of aromatic nitrogens is 3. The van der Waals surface area contributed by atoms with E-state index in [9.17, 15) is 4.79 Å². The zero-order valence-electron chi connectivity index (χ0n) is 13.4. The fourth-order valence-electron chi connectivity index (χ4n) is 2.71. The van der Waals surface area contributed by atoms with Gasteiger partial charge in [0, 0.05) is 26.2 Å². The Balaban J connectivity index is 1.77. The van der Waals surface area contributed by atoms with E-state index >= 15 is 0 Å². The molecule has 24 heavy (non-hydrogen) atoms. The molecule has 1 aromatic heterocycles. The number of para-hydroxylation sites is 1. The standard InChI is InChI=1S/C17H18ClN5O/c1-3-8-21-9-11-22(12-10-21)17(24)16-19-13(2)23(20-16)15-7-5-4-6-14(15)18/h1,4-7H,8-12H2,2H3. The Morgan fingerprint density at radius 1 is 1.29 bits per heavy atom. The summed E-state index contributed by atoms with van der Waals surface area (Å²) in [5.74, 6) is 3.28. The molecule has 124 valence electrons. The Labute approximate surface area is 146 Å². The summed E-state index contributed by atoms with van der Waals surface area (Å²) < 4.78 is 1.60. The topological polar surface area (TPSA) is 54.3 Å². The van der Waals surface area contributed by atoms with E-state index in [0.717, 1.165) is 13.1 Å². The van der Waals surface area contributed by atoms with Crippen LogP contribution in [0.25, 0.3) is 5.69 Å². The van der Waals surface area contributed by atoms with Crippen molar-refractivity contribution >= 4 is 17.5 Å². The molecule has 1 fully saturated rings. The summed E-state index contributed by atoms with van der Waals surface area (Å²) in [4.78, 5) is 20.9. The summed E-state index contributed by atoms with van der Waals surface area (Å²) in [5, 5.41) is 4.92. The Bertz CT molecular complexity index is 787. The van der Waals surface area contributed by atoms with Crippen LogP contribution in [0, 0.1) is 19.3 Å². The van der Waals surface area contributed by atoms with Crippen LogP contribution in [0.3, 0.4) is 0 Å². The summed E-state index contributed by atoms with van der Waals surface area (Å²) in [5.41, 5.74) is 0.710. The fourth-order valence-corrected chi connectivity index (χ4v) is 2.93. The van der Waals surface area contributed by atoms with Crippen LogP contribution in [-0.2, 0) is 0 Å². The van der Waals surface area contributed by atoms with Gasteiger partial charge in [-0.2, -0.15) is 0 Å². The number of aryl methyl sites for hydroxylation is 1. The molecule has 2 heterocycles. The number of amides is 1. The number of hydrogen-bond acceptors (Lipinski definition) is 4. The quantitative estimate of drug-likeness (QED) is 0.795. The highest BCUT2D eigenvalue weighted by atomic mass is 35.5. The van der Waals surface area contributed by atoms with Gasteiger partial charge in [0.2, 0.25) is 5.82 Å². The van der Waals surface area contributed by atoms with Crippen molar-refractivity contribution in [3.8, 4) is 18.0 Å². The zero-order chi connectivity index (χ0) is 17.1. The van der Waals surface area contributed by atoms with Crippen molar-refractivity contribution in [2.75, 3.05) is 32.7 Å². The number of carbonyl (C=O) groups is 1. The molecule has 0 spiro atoms. The van der Waals surface area contributed by atoms with Crippen molar-refractivity contribution in [1.82, 2.24) is 24.6 Å². The van der Waals surface area contributed by atoms with Crippen LogP contribution in [0.1, 0.15) is 16.4 Å². The predicted octanol–water partition coefficient (Wildman–Crippen LogP) is 1.62. The number of rotatable bonds is 3. The second-order valence-corrected chi connectivity index (χ2v) is 6.03. The predicted molar refractivity (Wildman–Crippen MR) is 92.3 cm³/mol. The SMILES string of the molecule is C#CCN1CCN(C(=O)c2nc(C)n(-c3ccccc3Cl)n2)CC1. The first kappa shape index (κ1) is 16.5. The summed E-state index contributed by atoms with van der Waals surface area (Å²) >= 11 is 6.21. The summed E-state index contributed by atoms with van der Waals surface area (Å²) in [6.45, 7) is 5.19. The van der Waals surface area contributed by atoms with Gasteiger partial charge in [0.05, 0.1) is 17.3 Å². The first-order valence-electron chi connectivity index (χ1n) is 7.74. The highest BCUT2D eigenvalue weighted by Gasteiger charge is 2.25. The molecule has 1 saturated heterocycles. The molecule has 1 aliphatic heterocycles. The van der Waals surface area contributed by atoms with E-state index in [0.29, 0.717) is 36.2 Å². The number of hydrogen-bond donors (Lipinski definition) is 0. The van der Waals surface area contributed by atoms with Crippen LogP contribution in [0.4, 0.5) is 0 Å². The Hall–Kier alpha value is -2.36. The maximum Gasteiger partial charge on any atom is 0.293 e. The normalized spacial score (nSPS) is 15.3. The van der Waals surface area contributed by atoms with Gasteiger partial charge in [-0.3, -0.25) is 9.69 Å².